The quantitative estimate of drug-likeness (QED) is 0.834. The number of rotatable bonds is 7. The first-order chi connectivity index (χ1) is 9.11. The third kappa shape index (κ3) is 4.42. The lowest BCUT2D eigenvalue weighted by Gasteiger charge is -2.25. The number of aromatic nitrogens is 1. The summed E-state index contributed by atoms with van der Waals surface area (Å²) in [7, 11) is 1.86. The van der Waals surface area contributed by atoms with Gasteiger partial charge in [0.1, 0.15) is 0 Å². The summed E-state index contributed by atoms with van der Waals surface area (Å²) in [6.07, 6.45) is 6.46. The Hall–Kier alpha value is -1.23. The molecule has 19 heavy (non-hydrogen) atoms. The monoisotopic (exact) mass is 281 g/mol. The maximum Gasteiger partial charge on any atom is 0.256 e. The SMILES string of the molecule is CCNc1cnccc1C(=O)N(C)C(C)CCSC. The minimum absolute atomic E-state index is 0.0481. The number of pyridine rings is 1. The molecule has 1 atom stereocenters. The molecule has 1 rings (SSSR count). The van der Waals surface area contributed by atoms with E-state index in [1.54, 1.807) is 30.2 Å². The van der Waals surface area contributed by atoms with Gasteiger partial charge >= 0.3 is 0 Å². The van der Waals surface area contributed by atoms with Crippen LogP contribution in [0.25, 0.3) is 0 Å². The van der Waals surface area contributed by atoms with Crippen molar-refractivity contribution in [3.63, 3.8) is 0 Å². The van der Waals surface area contributed by atoms with E-state index in [1.165, 1.54) is 0 Å². The fraction of sp³-hybridized carbons (Fsp3) is 0.571. The van der Waals surface area contributed by atoms with Crippen LogP contribution in [0.1, 0.15) is 30.6 Å². The molecule has 5 heteroatoms. The summed E-state index contributed by atoms with van der Waals surface area (Å²) in [5, 5.41) is 3.18. The lowest BCUT2D eigenvalue weighted by molar-refractivity contribution is 0.0742. The molecule has 0 bridgehead atoms. The van der Waals surface area contributed by atoms with Gasteiger partial charge in [0.25, 0.3) is 5.91 Å². The Balaban J connectivity index is 2.81. The van der Waals surface area contributed by atoms with Crippen molar-refractivity contribution in [3.8, 4) is 0 Å². The highest BCUT2D eigenvalue weighted by Crippen LogP contribution is 2.17. The summed E-state index contributed by atoms with van der Waals surface area (Å²) in [5.74, 6) is 1.11. The fourth-order valence-electron chi connectivity index (χ4n) is 1.78. The molecule has 0 aliphatic rings. The molecule has 0 aliphatic carbocycles. The van der Waals surface area contributed by atoms with Gasteiger partial charge in [0.15, 0.2) is 0 Å². The van der Waals surface area contributed by atoms with E-state index < -0.39 is 0 Å². The van der Waals surface area contributed by atoms with E-state index in [0.29, 0.717) is 5.56 Å². The standard InChI is InChI=1S/C14H23N3OS/c1-5-16-13-10-15-8-6-12(13)14(18)17(3)11(2)7-9-19-4/h6,8,10-11,16H,5,7,9H2,1-4H3. The number of hydrogen-bond donors (Lipinski definition) is 1. The smallest absolute Gasteiger partial charge is 0.256 e. The van der Waals surface area contributed by atoms with Gasteiger partial charge in [-0.1, -0.05) is 0 Å². The Bertz CT molecular complexity index is 411. The van der Waals surface area contributed by atoms with Gasteiger partial charge in [0.05, 0.1) is 17.4 Å². The van der Waals surface area contributed by atoms with Crippen molar-refractivity contribution in [3.05, 3.63) is 24.0 Å². The van der Waals surface area contributed by atoms with Crippen LogP contribution in [0.2, 0.25) is 0 Å². The van der Waals surface area contributed by atoms with Crippen LogP contribution in [0.4, 0.5) is 5.69 Å². The van der Waals surface area contributed by atoms with Crippen LogP contribution in [0.5, 0.6) is 0 Å². The zero-order valence-corrected chi connectivity index (χ0v) is 13.0. The lowest BCUT2D eigenvalue weighted by Crippen LogP contribution is -2.35. The molecule has 106 valence electrons. The molecule has 4 nitrogen and oxygen atoms in total. The molecular formula is C14H23N3OS. The predicted octanol–water partition coefficient (Wildman–Crippen LogP) is 2.73. The van der Waals surface area contributed by atoms with Gasteiger partial charge in [0.2, 0.25) is 0 Å². The minimum atomic E-state index is 0.0481. The van der Waals surface area contributed by atoms with Crippen LogP contribution in [-0.2, 0) is 0 Å². The zero-order valence-electron chi connectivity index (χ0n) is 12.1. The predicted molar refractivity (Wildman–Crippen MR) is 83.0 cm³/mol. The van der Waals surface area contributed by atoms with Crippen LogP contribution < -0.4 is 5.32 Å². The minimum Gasteiger partial charge on any atom is -0.383 e. The molecule has 0 fully saturated rings. The second-order valence-electron chi connectivity index (χ2n) is 4.50. The van der Waals surface area contributed by atoms with E-state index in [2.05, 4.69) is 23.5 Å². The maximum absolute atomic E-state index is 12.5. The molecule has 1 aromatic heterocycles. The number of carbonyl (C=O) groups is 1. The first kappa shape index (κ1) is 15.8. The van der Waals surface area contributed by atoms with Crippen LogP contribution in [0, 0.1) is 0 Å². The van der Waals surface area contributed by atoms with Crippen molar-refractivity contribution in [1.29, 1.82) is 0 Å². The molecule has 1 amide bonds. The van der Waals surface area contributed by atoms with Crippen molar-refractivity contribution in [2.24, 2.45) is 0 Å². The molecule has 0 saturated carbocycles. The van der Waals surface area contributed by atoms with Gasteiger partial charge in [-0.15, -0.1) is 0 Å². The molecule has 0 radical (unpaired) electrons. The van der Waals surface area contributed by atoms with Crippen LogP contribution in [0.3, 0.4) is 0 Å². The van der Waals surface area contributed by atoms with Gasteiger partial charge in [-0.05, 0) is 38.3 Å². The highest BCUT2D eigenvalue weighted by Gasteiger charge is 2.19. The van der Waals surface area contributed by atoms with Crippen molar-refractivity contribution < 1.29 is 4.79 Å². The summed E-state index contributed by atoms with van der Waals surface area (Å²) in [4.78, 5) is 18.4. The van der Waals surface area contributed by atoms with Gasteiger partial charge in [-0.3, -0.25) is 9.78 Å². The lowest BCUT2D eigenvalue weighted by atomic mass is 10.1. The second-order valence-corrected chi connectivity index (χ2v) is 5.48. The number of nitrogens with one attached hydrogen (secondary N) is 1. The summed E-state index contributed by atoms with van der Waals surface area (Å²) < 4.78 is 0. The van der Waals surface area contributed by atoms with E-state index in [1.807, 2.05) is 18.9 Å². The van der Waals surface area contributed by atoms with Crippen molar-refractivity contribution in [2.75, 3.05) is 30.9 Å². The van der Waals surface area contributed by atoms with Crippen LogP contribution in [-0.4, -0.2) is 47.4 Å². The fourth-order valence-corrected chi connectivity index (χ4v) is 2.36. The number of nitrogens with zero attached hydrogens (tertiary/aromatic N) is 2. The third-order valence-corrected chi connectivity index (χ3v) is 3.78. The molecule has 1 unspecified atom stereocenters. The second kappa shape index (κ2) is 8.04. The maximum atomic E-state index is 12.5. The first-order valence-corrected chi connectivity index (χ1v) is 7.95. The third-order valence-electron chi connectivity index (χ3n) is 3.14. The molecule has 0 aliphatic heterocycles. The number of hydrogen-bond acceptors (Lipinski definition) is 4. The Labute approximate surface area is 120 Å². The van der Waals surface area contributed by atoms with Crippen molar-refractivity contribution in [1.82, 2.24) is 9.88 Å². The Morgan fingerprint density at radius 1 is 1.58 bits per heavy atom. The van der Waals surface area contributed by atoms with Gasteiger partial charge in [-0.25, -0.2) is 0 Å². The number of anilines is 1. The first-order valence-electron chi connectivity index (χ1n) is 6.55. The summed E-state index contributed by atoms with van der Waals surface area (Å²) in [6, 6.07) is 2.01. The van der Waals surface area contributed by atoms with Crippen molar-refractivity contribution in [2.45, 2.75) is 26.3 Å². The molecule has 1 N–H and O–H groups in total. The summed E-state index contributed by atoms with van der Waals surface area (Å²) in [6.45, 7) is 4.87. The number of thioether (sulfide) groups is 1. The zero-order chi connectivity index (χ0) is 14.3. The Kier molecular flexibility index (Phi) is 6.70. The average Bonchev–Trinajstić information content (AvgIpc) is 2.44. The van der Waals surface area contributed by atoms with Gasteiger partial charge in [0, 0.05) is 25.8 Å². The van der Waals surface area contributed by atoms with E-state index in [-0.39, 0.29) is 11.9 Å². The summed E-state index contributed by atoms with van der Waals surface area (Å²) >= 11 is 1.81. The Morgan fingerprint density at radius 3 is 2.95 bits per heavy atom. The summed E-state index contributed by atoms with van der Waals surface area (Å²) in [5.41, 5.74) is 1.49. The topological polar surface area (TPSA) is 45.2 Å². The van der Waals surface area contributed by atoms with Gasteiger partial charge < -0.3 is 10.2 Å². The molecule has 1 aromatic rings. The molecule has 0 spiro atoms. The number of amides is 1. The molecule has 0 saturated heterocycles. The highest BCUT2D eigenvalue weighted by molar-refractivity contribution is 7.98. The van der Waals surface area contributed by atoms with Crippen LogP contribution >= 0.6 is 11.8 Å². The Morgan fingerprint density at radius 2 is 2.32 bits per heavy atom. The largest absolute Gasteiger partial charge is 0.383 e. The molecular weight excluding hydrogens is 258 g/mol. The molecule has 0 aromatic carbocycles. The number of carbonyl (C=O) groups excluding carboxylic acids is 1. The van der Waals surface area contributed by atoms with Crippen molar-refractivity contribution >= 4 is 23.4 Å². The van der Waals surface area contributed by atoms with E-state index in [9.17, 15) is 4.79 Å². The van der Waals surface area contributed by atoms with Gasteiger partial charge in [-0.2, -0.15) is 11.8 Å². The van der Waals surface area contributed by atoms with E-state index in [4.69, 9.17) is 0 Å². The molecule has 1 heterocycles. The van der Waals surface area contributed by atoms with Crippen LogP contribution in [0.15, 0.2) is 18.5 Å². The van der Waals surface area contributed by atoms with E-state index in [0.717, 1.165) is 24.4 Å². The highest BCUT2D eigenvalue weighted by atomic mass is 32.2. The normalized spacial score (nSPS) is 12.0. The van der Waals surface area contributed by atoms with E-state index >= 15 is 0 Å². The average molecular weight is 281 g/mol.